The van der Waals surface area contributed by atoms with Crippen LogP contribution in [0, 0.1) is 6.57 Å². The molecule has 1 aromatic heterocycles. The van der Waals surface area contributed by atoms with E-state index in [-0.39, 0.29) is 11.4 Å². The van der Waals surface area contributed by atoms with Crippen molar-refractivity contribution >= 4 is 11.4 Å². The Balaban J connectivity index is 1.88. The number of anilines is 1. The predicted molar refractivity (Wildman–Crippen MR) is 101 cm³/mol. The van der Waals surface area contributed by atoms with E-state index in [1.807, 2.05) is 0 Å². The lowest BCUT2D eigenvalue weighted by Gasteiger charge is -2.25. The van der Waals surface area contributed by atoms with Gasteiger partial charge in [-0.3, -0.25) is 0 Å². The number of nitrogens with zero attached hydrogens (tertiary/aromatic N) is 4. The molecule has 0 aliphatic carbocycles. The van der Waals surface area contributed by atoms with Crippen LogP contribution in [0.1, 0.15) is 11.5 Å². The molecule has 6 nitrogen and oxygen atoms in total. The molecule has 35 heavy (non-hydrogen) atoms. The molecular weight excluding hydrogens is 499 g/mol. The van der Waals surface area contributed by atoms with Crippen LogP contribution in [0.15, 0.2) is 47.0 Å². The van der Waals surface area contributed by atoms with Gasteiger partial charge in [0.25, 0.3) is 0 Å². The van der Waals surface area contributed by atoms with Crippen LogP contribution in [0.4, 0.5) is 50.9 Å². The van der Waals surface area contributed by atoms with Crippen molar-refractivity contribution in [3.05, 3.63) is 65.3 Å². The summed E-state index contributed by atoms with van der Waals surface area (Å²) in [5, 5.41) is 3.54. The quantitative estimate of drug-likeness (QED) is 0.271. The first-order chi connectivity index (χ1) is 16.1. The van der Waals surface area contributed by atoms with Crippen molar-refractivity contribution < 1.29 is 48.8 Å². The fourth-order valence-electron chi connectivity index (χ4n) is 2.91. The molecular formula is C20H11F9N4O2. The van der Waals surface area contributed by atoms with Crippen LogP contribution in [0.2, 0.25) is 0 Å². The second-order valence-electron chi connectivity index (χ2n) is 6.87. The topological polar surface area (TPSA) is 55.8 Å². The smallest absolute Gasteiger partial charge is 0.406 e. The van der Waals surface area contributed by atoms with E-state index in [1.54, 1.807) is 0 Å². The van der Waals surface area contributed by atoms with Crippen LogP contribution in [-0.4, -0.2) is 29.2 Å². The molecule has 2 aromatic carbocycles. The largest absolute Gasteiger partial charge is 0.573 e. The monoisotopic (exact) mass is 510 g/mol. The highest BCUT2D eigenvalue weighted by molar-refractivity contribution is 5.62. The highest BCUT2D eigenvalue weighted by Crippen LogP contribution is 2.39. The Bertz CT molecular complexity index is 1210. The lowest BCUT2D eigenvalue weighted by atomic mass is 10.1. The normalized spacial score (nSPS) is 12.3. The Morgan fingerprint density at radius 3 is 2.14 bits per heavy atom. The fourth-order valence-corrected chi connectivity index (χ4v) is 2.91. The van der Waals surface area contributed by atoms with Gasteiger partial charge in [0.1, 0.15) is 12.3 Å². The van der Waals surface area contributed by atoms with Gasteiger partial charge < -0.3 is 14.2 Å². The molecule has 0 unspecified atom stereocenters. The van der Waals surface area contributed by atoms with E-state index >= 15 is 0 Å². The summed E-state index contributed by atoms with van der Waals surface area (Å²) in [6.45, 7) is 4.41. The van der Waals surface area contributed by atoms with E-state index < -0.39 is 60.4 Å². The van der Waals surface area contributed by atoms with Crippen LogP contribution < -0.4 is 9.64 Å². The van der Waals surface area contributed by atoms with Gasteiger partial charge in [0.05, 0.1) is 18.7 Å². The van der Waals surface area contributed by atoms with Crippen molar-refractivity contribution in [1.29, 1.82) is 0 Å². The van der Waals surface area contributed by atoms with Crippen LogP contribution in [0.3, 0.4) is 0 Å². The number of hydrogen-bond donors (Lipinski definition) is 0. The molecule has 0 aliphatic heterocycles. The zero-order valence-electron chi connectivity index (χ0n) is 17.0. The summed E-state index contributed by atoms with van der Waals surface area (Å²) in [5.41, 5.74) is -2.57. The molecule has 0 saturated carbocycles. The van der Waals surface area contributed by atoms with Crippen molar-refractivity contribution in [1.82, 2.24) is 10.1 Å². The first-order valence-corrected chi connectivity index (χ1v) is 9.24. The van der Waals surface area contributed by atoms with Gasteiger partial charge in [-0.25, -0.2) is 4.85 Å². The molecule has 0 saturated heterocycles. The van der Waals surface area contributed by atoms with Gasteiger partial charge in [0, 0.05) is 11.3 Å². The van der Waals surface area contributed by atoms with Crippen molar-refractivity contribution in [2.45, 2.75) is 25.3 Å². The molecule has 3 aromatic rings. The molecule has 0 aliphatic rings. The van der Waals surface area contributed by atoms with Gasteiger partial charge in [0.2, 0.25) is 11.7 Å². The van der Waals surface area contributed by atoms with Gasteiger partial charge in [-0.1, -0.05) is 11.2 Å². The van der Waals surface area contributed by atoms with Crippen LogP contribution in [0.5, 0.6) is 5.75 Å². The van der Waals surface area contributed by atoms with Crippen molar-refractivity contribution in [2.75, 3.05) is 11.4 Å². The number of halogens is 9. The lowest BCUT2D eigenvalue weighted by molar-refractivity contribution is -0.274. The first kappa shape index (κ1) is 25.7. The minimum Gasteiger partial charge on any atom is -0.406 e. The molecule has 0 N–H and O–H groups in total. The Hall–Kier alpha value is -3.96. The van der Waals surface area contributed by atoms with E-state index in [0.29, 0.717) is 11.0 Å². The SMILES string of the molecule is [C-]#[N+]c1ccc(N(Cc2nc(-c3ccc(OC(F)(F)F)cc3)no2)CC(F)(F)F)cc1C(F)(F)F. The second kappa shape index (κ2) is 9.35. The average Bonchev–Trinajstić information content (AvgIpc) is 3.19. The summed E-state index contributed by atoms with van der Waals surface area (Å²) >= 11 is 0. The summed E-state index contributed by atoms with van der Waals surface area (Å²) in [6.07, 6.45) is -14.7. The summed E-state index contributed by atoms with van der Waals surface area (Å²) in [4.78, 5) is 7.10. The predicted octanol–water partition coefficient (Wildman–Crippen LogP) is 6.77. The third-order valence-corrected chi connectivity index (χ3v) is 4.28. The molecule has 0 fully saturated rings. The van der Waals surface area contributed by atoms with E-state index in [2.05, 4.69) is 19.7 Å². The number of rotatable bonds is 6. The second-order valence-corrected chi connectivity index (χ2v) is 6.87. The van der Waals surface area contributed by atoms with Crippen LogP contribution in [-0.2, 0) is 12.7 Å². The number of alkyl halides is 9. The minimum atomic E-state index is -4.99. The first-order valence-electron chi connectivity index (χ1n) is 9.24. The Morgan fingerprint density at radius 1 is 0.943 bits per heavy atom. The molecule has 0 amide bonds. The summed E-state index contributed by atoms with van der Waals surface area (Å²) in [6, 6.07) is 6.27. The fraction of sp³-hybridized carbons (Fsp3) is 0.250. The average molecular weight is 510 g/mol. The summed E-state index contributed by atoms with van der Waals surface area (Å²) < 4.78 is 125. The number of aromatic nitrogens is 2. The maximum Gasteiger partial charge on any atom is 0.573 e. The number of benzene rings is 2. The van der Waals surface area contributed by atoms with Crippen LogP contribution >= 0.6 is 0 Å². The summed E-state index contributed by atoms with van der Waals surface area (Å²) in [7, 11) is 0. The summed E-state index contributed by atoms with van der Waals surface area (Å²) in [5.74, 6) is -1.14. The molecule has 1 heterocycles. The van der Waals surface area contributed by atoms with E-state index in [4.69, 9.17) is 11.1 Å². The number of ether oxygens (including phenoxy) is 1. The molecule has 15 heteroatoms. The molecule has 186 valence electrons. The highest BCUT2D eigenvalue weighted by Gasteiger charge is 2.36. The van der Waals surface area contributed by atoms with Gasteiger partial charge in [0.15, 0.2) is 5.69 Å². The maximum absolute atomic E-state index is 13.3. The lowest BCUT2D eigenvalue weighted by Crippen LogP contribution is -2.34. The molecule has 0 spiro atoms. The van der Waals surface area contributed by atoms with Gasteiger partial charge >= 0.3 is 18.7 Å². The highest BCUT2D eigenvalue weighted by atomic mass is 19.4. The third-order valence-electron chi connectivity index (χ3n) is 4.28. The Morgan fingerprint density at radius 2 is 1.60 bits per heavy atom. The zero-order chi connectivity index (χ0) is 26.0. The molecule has 0 radical (unpaired) electrons. The van der Waals surface area contributed by atoms with Crippen molar-refractivity contribution in [3.8, 4) is 17.1 Å². The zero-order valence-corrected chi connectivity index (χ0v) is 17.0. The van der Waals surface area contributed by atoms with Gasteiger partial charge in [-0.2, -0.15) is 31.3 Å². The van der Waals surface area contributed by atoms with E-state index in [1.165, 1.54) is 0 Å². The third kappa shape index (κ3) is 7.01. The molecule has 3 rings (SSSR count). The van der Waals surface area contributed by atoms with Crippen molar-refractivity contribution in [2.24, 2.45) is 0 Å². The van der Waals surface area contributed by atoms with Crippen molar-refractivity contribution in [3.63, 3.8) is 0 Å². The van der Waals surface area contributed by atoms with Gasteiger partial charge in [-0.05, 0) is 36.4 Å². The van der Waals surface area contributed by atoms with E-state index in [9.17, 15) is 39.5 Å². The maximum atomic E-state index is 13.3. The Labute approximate surface area is 190 Å². The number of hydrogen-bond acceptors (Lipinski definition) is 5. The molecule has 0 atom stereocenters. The minimum absolute atomic E-state index is 0.137. The van der Waals surface area contributed by atoms with Gasteiger partial charge in [-0.15, -0.1) is 13.2 Å². The van der Waals surface area contributed by atoms with E-state index in [0.717, 1.165) is 36.4 Å². The Kier molecular flexibility index (Phi) is 6.86. The van der Waals surface area contributed by atoms with Crippen LogP contribution in [0.25, 0.3) is 16.2 Å². The standard InChI is InChI=1S/C20H11F9N4O2/c1-30-15-7-4-12(8-14(15)19(24,25)26)33(10-18(21,22)23)9-16-31-17(32-35-16)11-2-5-13(6-3-11)34-20(27,28)29/h2-8H,9-10H2. The molecule has 0 bridgehead atoms.